The van der Waals surface area contributed by atoms with Gasteiger partial charge in [0.1, 0.15) is 0 Å². The van der Waals surface area contributed by atoms with Crippen LogP contribution in [0.3, 0.4) is 0 Å². The van der Waals surface area contributed by atoms with Crippen molar-refractivity contribution < 1.29 is 0 Å². The number of benzene rings is 1. The highest BCUT2D eigenvalue weighted by Crippen LogP contribution is 2.31. The van der Waals surface area contributed by atoms with Crippen molar-refractivity contribution in [3.8, 4) is 0 Å². The number of nitrogens with one attached hydrogen (secondary N) is 2. The largest absolute Gasteiger partial charge is 0.370 e. The fourth-order valence-corrected chi connectivity index (χ4v) is 3.95. The van der Waals surface area contributed by atoms with E-state index in [0.29, 0.717) is 0 Å². The molecule has 28 heavy (non-hydrogen) atoms. The number of hydrogen-bond donors (Lipinski definition) is 2. The zero-order chi connectivity index (χ0) is 19.1. The first-order valence-electron chi connectivity index (χ1n) is 10.8. The number of likely N-dealkylation sites (N-methyl/N-ethyl adjacent to an activating group) is 1. The number of halogens is 1. The van der Waals surface area contributed by atoms with Crippen LogP contribution in [0.4, 0.5) is 5.69 Å². The van der Waals surface area contributed by atoms with E-state index >= 15 is 0 Å². The molecule has 1 aromatic carbocycles. The topological polar surface area (TPSA) is 42.9 Å². The average Bonchev–Trinajstić information content (AvgIpc) is 3.41. The third-order valence-corrected chi connectivity index (χ3v) is 5.66. The summed E-state index contributed by atoms with van der Waals surface area (Å²) in [6.45, 7) is 13.7. The van der Waals surface area contributed by atoms with Gasteiger partial charge in [-0.2, -0.15) is 0 Å². The molecule has 2 aliphatic rings. The van der Waals surface area contributed by atoms with Gasteiger partial charge in [0.25, 0.3) is 0 Å². The second-order valence-corrected chi connectivity index (χ2v) is 7.95. The Morgan fingerprint density at radius 2 is 2.04 bits per heavy atom. The molecule has 2 fully saturated rings. The molecular weight excluding hydrogens is 461 g/mol. The van der Waals surface area contributed by atoms with E-state index in [1.165, 1.54) is 43.6 Å². The molecule has 0 aromatic heterocycles. The van der Waals surface area contributed by atoms with Crippen molar-refractivity contribution in [1.82, 2.24) is 15.5 Å². The van der Waals surface area contributed by atoms with Gasteiger partial charge >= 0.3 is 0 Å². The Labute approximate surface area is 188 Å². The van der Waals surface area contributed by atoms with Crippen LogP contribution in [0.25, 0.3) is 0 Å². The first-order chi connectivity index (χ1) is 13.2. The maximum absolute atomic E-state index is 4.87. The number of guanidine groups is 1. The van der Waals surface area contributed by atoms with Gasteiger partial charge in [0.05, 0.1) is 0 Å². The summed E-state index contributed by atoms with van der Waals surface area (Å²) in [5, 5.41) is 6.92. The SMILES string of the molecule is CCNC(=NCC1CCN(C2CC2)C1)NCCN(CC)c1cccc(C)c1.I. The second-order valence-electron chi connectivity index (χ2n) is 7.95. The summed E-state index contributed by atoms with van der Waals surface area (Å²) < 4.78 is 0. The van der Waals surface area contributed by atoms with Gasteiger partial charge in [-0.1, -0.05) is 12.1 Å². The predicted octanol–water partition coefficient (Wildman–Crippen LogP) is 3.48. The van der Waals surface area contributed by atoms with Crippen molar-refractivity contribution in [2.45, 2.75) is 46.1 Å². The normalized spacial score (nSPS) is 20.0. The Balaban J connectivity index is 0.00000280. The quantitative estimate of drug-likeness (QED) is 0.310. The lowest BCUT2D eigenvalue weighted by molar-refractivity contribution is 0.315. The zero-order valence-electron chi connectivity index (χ0n) is 17.8. The summed E-state index contributed by atoms with van der Waals surface area (Å²) >= 11 is 0. The smallest absolute Gasteiger partial charge is 0.191 e. The van der Waals surface area contributed by atoms with Gasteiger partial charge in [-0.05, 0) is 70.2 Å². The average molecular weight is 499 g/mol. The van der Waals surface area contributed by atoms with Crippen molar-refractivity contribution in [3.05, 3.63) is 29.8 Å². The van der Waals surface area contributed by atoms with E-state index in [-0.39, 0.29) is 24.0 Å². The molecule has 6 heteroatoms. The van der Waals surface area contributed by atoms with Crippen molar-refractivity contribution in [2.75, 3.05) is 50.7 Å². The molecule has 2 N–H and O–H groups in total. The van der Waals surface area contributed by atoms with E-state index in [2.05, 4.69) is 65.5 Å². The van der Waals surface area contributed by atoms with E-state index in [9.17, 15) is 0 Å². The van der Waals surface area contributed by atoms with Gasteiger partial charge in [0.2, 0.25) is 0 Å². The molecule has 5 nitrogen and oxygen atoms in total. The Kier molecular flexibility index (Phi) is 9.85. The van der Waals surface area contributed by atoms with E-state index < -0.39 is 0 Å². The maximum Gasteiger partial charge on any atom is 0.191 e. The minimum absolute atomic E-state index is 0. The summed E-state index contributed by atoms with van der Waals surface area (Å²) in [5.74, 6) is 1.68. The lowest BCUT2D eigenvalue weighted by atomic mass is 10.1. The summed E-state index contributed by atoms with van der Waals surface area (Å²) in [5.41, 5.74) is 2.61. The molecule has 3 rings (SSSR count). The van der Waals surface area contributed by atoms with E-state index in [4.69, 9.17) is 4.99 Å². The Bertz CT molecular complexity index is 617. The lowest BCUT2D eigenvalue weighted by Crippen LogP contribution is -2.42. The molecule has 0 amide bonds. The molecular formula is C22H38IN5. The highest BCUT2D eigenvalue weighted by molar-refractivity contribution is 14.0. The Morgan fingerprint density at radius 1 is 1.21 bits per heavy atom. The predicted molar refractivity (Wildman–Crippen MR) is 131 cm³/mol. The Hall–Kier alpha value is -1.02. The fourth-order valence-electron chi connectivity index (χ4n) is 3.95. The molecule has 1 aliphatic heterocycles. The maximum atomic E-state index is 4.87. The van der Waals surface area contributed by atoms with Crippen LogP contribution in [0.2, 0.25) is 0 Å². The van der Waals surface area contributed by atoms with Crippen LogP contribution >= 0.6 is 24.0 Å². The van der Waals surface area contributed by atoms with E-state index in [1.807, 2.05) is 0 Å². The summed E-state index contributed by atoms with van der Waals surface area (Å²) in [6, 6.07) is 9.64. The van der Waals surface area contributed by atoms with Crippen molar-refractivity contribution >= 4 is 35.6 Å². The van der Waals surface area contributed by atoms with Gasteiger partial charge < -0.3 is 20.4 Å². The molecule has 1 unspecified atom stereocenters. The molecule has 0 radical (unpaired) electrons. The molecule has 1 aromatic rings. The summed E-state index contributed by atoms with van der Waals surface area (Å²) in [4.78, 5) is 9.95. The summed E-state index contributed by atoms with van der Waals surface area (Å²) in [6.07, 6.45) is 4.13. The van der Waals surface area contributed by atoms with Crippen molar-refractivity contribution in [2.24, 2.45) is 10.9 Å². The van der Waals surface area contributed by atoms with Crippen LogP contribution in [0.5, 0.6) is 0 Å². The van der Waals surface area contributed by atoms with E-state index in [0.717, 1.165) is 50.6 Å². The van der Waals surface area contributed by atoms with Crippen molar-refractivity contribution in [1.29, 1.82) is 0 Å². The van der Waals surface area contributed by atoms with Crippen LogP contribution < -0.4 is 15.5 Å². The van der Waals surface area contributed by atoms with Crippen molar-refractivity contribution in [3.63, 3.8) is 0 Å². The monoisotopic (exact) mass is 499 g/mol. The van der Waals surface area contributed by atoms with Crippen LogP contribution in [0.1, 0.15) is 38.7 Å². The van der Waals surface area contributed by atoms with E-state index in [1.54, 1.807) is 0 Å². The molecule has 1 saturated heterocycles. The Morgan fingerprint density at radius 3 is 2.71 bits per heavy atom. The van der Waals surface area contributed by atoms with Gasteiger partial charge in [-0.15, -0.1) is 24.0 Å². The second kappa shape index (κ2) is 11.9. The molecule has 1 heterocycles. The standard InChI is InChI=1S/C22H37N5.HI/c1-4-23-22(25-16-19-11-13-27(17-19)20-9-10-20)24-12-14-26(5-2)21-8-6-7-18(3)15-21;/h6-8,15,19-20H,4-5,9-14,16-17H2,1-3H3,(H2,23,24,25);1H. The molecule has 1 saturated carbocycles. The first kappa shape index (κ1) is 23.3. The number of rotatable bonds is 9. The zero-order valence-corrected chi connectivity index (χ0v) is 20.1. The lowest BCUT2D eigenvalue weighted by Gasteiger charge is -2.24. The van der Waals surface area contributed by atoms with Crippen LogP contribution in [-0.4, -0.2) is 62.7 Å². The first-order valence-corrected chi connectivity index (χ1v) is 10.8. The highest BCUT2D eigenvalue weighted by Gasteiger charge is 2.34. The number of likely N-dealkylation sites (tertiary alicyclic amines) is 1. The number of aryl methyl sites for hydroxylation is 1. The molecule has 1 aliphatic carbocycles. The number of hydrogen-bond acceptors (Lipinski definition) is 3. The third-order valence-electron chi connectivity index (χ3n) is 5.66. The minimum Gasteiger partial charge on any atom is -0.370 e. The molecule has 1 atom stereocenters. The fraction of sp³-hybridized carbons (Fsp3) is 0.682. The number of nitrogens with zero attached hydrogens (tertiary/aromatic N) is 3. The van der Waals surface area contributed by atoms with Gasteiger partial charge in [-0.3, -0.25) is 4.99 Å². The summed E-state index contributed by atoms with van der Waals surface area (Å²) in [7, 11) is 0. The van der Waals surface area contributed by atoms with Crippen LogP contribution in [0, 0.1) is 12.8 Å². The van der Waals surface area contributed by atoms with Gasteiger partial charge in [0.15, 0.2) is 5.96 Å². The highest BCUT2D eigenvalue weighted by atomic mass is 127. The van der Waals surface area contributed by atoms with Crippen LogP contribution in [0.15, 0.2) is 29.3 Å². The molecule has 158 valence electrons. The minimum atomic E-state index is 0. The van der Waals surface area contributed by atoms with Crippen LogP contribution in [-0.2, 0) is 0 Å². The third kappa shape index (κ3) is 7.10. The molecule has 0 bridgehead atoms. The number of aliphatic imine (C=N–C) groups is 1. The number of anilines is 1. The molecule has 0 spiro atoms. The van der Waals surface area contributed by atoms with Gasteiger partial charge in [0, 0.05) is 51.0 Å². The van der Waals surface area contributed by atoms with Gasteiger partial charge in [-0.25, -0.2) is 0 Å².